The van der Waals surface area contributed by atoms with Crippen LogP contribution in [0.25, 0.3) is 11.1 Å². The Kier molecular flexibility index (Phi) is 3.01. The van der Waals surface area contributed by atoms with Crippen molar-refractivity contribution in [3.63, 3.8) is 0 Å². The summed E-state index contributed by atoms with van der Waals surface area (Å²) in [4.78, 5) is 20.6. The van der Waals surface area contributed by atoms with E-state index in [4.69, 9.17) is 0 Å². The molecule has 0 amide bonds. The van der Waals surface area contributed by atoms with Crippen LogP contribution in [0.15, 0.2) is 35.5 Å². The minimum absolute atomic E-state index is 0.0305. The molecule has 0 aromatic heterocycles. The number of non-ortho nitro benzene ring substituents is 2. The van der Waals surface area contributed by atoms with Crippen LogP contribution in [0.2, 0.25) is 0 Å². The maximum Gasteiger partial charge on any atom is 0.271 e. The van der Waals surface area contributed by atoms with E-state index < -0.39 is 9.85 Å². The van der Waals surface area contributed by atoms with Gasteiger partial charge in [-0.05, 0) is 11.6 Å². The minimum Gasteiger partial charge on any atom is -0.410 e. The van der Waals surface area contributed by atoms with Crippen molar-refractivity contribution in [1.82, 2.24) is 0 Å². The zero-order valence-corrected chi connectivity index (χ0v) is 11.3. The van der Waals surface area contributed by atoms with E-state index in [1.807, 2.05) is 6.07 Å². The Morgan fingerprint density at radius 3 is 2.22 bits per heavy atom. The Balaban J connectivity index is 2.37. The fraction of sp³-hybridized carbons (Fsp3) is 0. The number of hydrogen-bond donors (Lipinski definition) is 1. The van der Waals surface area contributed by atoms with Crippen LogP contribution in [0.4, 0.5) is 11.4 Å². The van der Waals surface area contributed by atoms with Gasteiger partial charge in [0.05, 0.1) is 15.4 Å². The minimum atomic E-state index is -0.665. The topological polar surface area (TPSA) is 143 Å². The number of nitriles is 1. The second-order valence-corrected chi connectivity index (χ2v) is 4.72. The number of oxime groups is 1. The molecule has 0 atom stereocenters. The van der Waals surface area contributed by atoms with Crippen LogP contribution in [-0.2, 0) is 0 Å². The molecule has 23 heavy (non-hydrogen) atoms. The highest BCUT2D eigenvalue weighted by Crippen LogP contribution is 2.42. The lowest BCUT2D eigenvalue weighted by Crippen LogP contribution is -2.00. The van der Waals surface area contributed by atoms with Gasteiger partial charge in [0.15, 0.2) is 0 Å². The normalized spacial score (nSPS) is 13.3. The van der Waals surface area contributed by atoms with E-state index in [1.54, 1.807) is 0 Å². The monoisotopic (exact) mass is 310 g/mol. The van der Waals surface area contributed by atoms with Gasteiger partial charge in [0.1, 0.15) is 11.8 Å². The lowest BCUT2D eigenvalue weighted by molar-refractivity contribution is -0.385. The lowest BCUT2D eigenvalue weighted by atomic mass is 9.99. The molecule has 1 aliphatic carbocycles. The van der Waals surface area contributed by atoms with E-state index in [1.165, 1.54) is 24.3 Å². The molecule has 0 saturated heterocycles. The first-order valence-electron chi connectivity index (χ1n) is 6.22. The molecular weight excluding hydrogens is 304 g/mol. The average molecular weight is 310 g/mol. The molecule has 0 radical (unpaired) electrons. The molecule has 9 nitrogen and oxygen atoms in total. The zero-order chi connectivity index (χ0) is 16.7. The van der Waals surface area contributed by atoms with Gasteiger partial charge in [-0.25, -0.2) is 0 Å². The van der Waals surface area contributed by atoms with Crippen LogP contribution >= 0.6 is 0 Å². The van der Waals surface area contributed by atoms with Crippen molar-refractivity contribution in [3.05, 3.63) is 67.3 Å². The number of benzene rings is 2. The molecule has 0 bridgehead atoms. The third-order valence-corrected chi connectivity index (χ3v) is 3.55. The highest BCUT2D eigenvalue weighted by Gasteiger charge is 2.32. The van der Waals surface area contributed by atoms with Gasteiger partial charge >= 0.3 is 0 Å². The average Bonchev–Trinajstić information content (AvgIpc) is 2.86. The molecule has 1 N–H and O–H groups in total. The summed E-state index contributed by atoms with van der Waals surface area (Å²) in [6, 6.07) is 8.05. The fourth-order valence-corrected chi connectivity index (χ4v) is 2.61. The molecule has 0 aliphatic heterocycles. The molecule has 1 aliphatic rings. The number of nitrogens with zero attached hydrogens (tertiary/aromatic N) is 4. The summed E-state index contributed by atoms with van der Waals surface area (Å²) in [5.41, 5.74) is 0.680. The largest absolute Gasteiger partial charge is 0.410 e. The SMILES string of the molecule is N#Cc1cc([N+](=O)[O-])cc2c1-c1ccc([N+](=O)[O-])cc1/C2=N/O. The summed E-state index contributed by atoms with van der Waals surface area (Å²) in [6.07, 6.45) is 0. The number of hydrogen-bond acceptors (Lipinski definition) is 7. The smallest absolute Gasteiger partial charge is 0.271 e. The summed E-state index contributed by atoms with van der Waals surface area (Å²) in [7, 11) is 0. The van der Waals surface area contributed by atoms with Crippen molar-refractivity contribution in [2.45, 2.75) is 0 Å². The van der Waals surface area contributed by atoms with Crippen LogP contribution in [0, 0.1) is 31.6 Å². The summed E-state index contributed by atoms with van der Waals surface area (Å²) >= 11 is 0. The summed E-state index contributed by atoms with van der Waals surface area (Å²) in [5, 5.41) is 43.5. The molecule has 0 heterocycles. The van der Waals surface area contributed by atoms with Gasteiger partial charge in [-0.3, -0.25) is 20.2 Å². The molecule has 0 fully saturated rings. The second kappa shape index (κ2) is 4.88. The van der Waals surface area contributed by atoms with Gasteiger partial charge in [0.25, 0.3) is 11.4 Å². The first kappa shape index (κ1) is 14.2. The Bertz CT molecular complexity index is 958. The van der Waals surface area contributed by atoms with Crippen LogP contribution in [-0.4, -0.2) is 20.8 Å². The van der Waals surface area contributed by atoms with Crippen LogP contribution in [0.3, 0.4) is 0 Å². The van der Waals surface area contributed by atoms with Crippen LogP contribution in [0.5, 0.6) is 0 Å². The van der Waals surface area contributed by atoms with E-state index in [-0.39, 0.29) is 33.8 Å². The molecule has 3 rings (SSSR count). The molecular formula is C14H6N4O5. The quantitative estimate of drug-likeness (QED) is 0.437. The highest BCUT2D eigenvalue weighted by atomic mass is 16.6. The van der Waals surface area contributed by atoms with E-state index >= 15 is 0 Å². The molecule has 0 spiro atoms. The number of fused-ring (bicyclic) bond motifs is 3. The van der Waals surface area contributed by atoms with Crippen LogP contribution < -0.4 is 0 Å². The predicted octanol–water partition coefficient (Wildman–Crippen LogP) is 2.58. The fourth-order valence-electron chi connectivity index (χ4n) is 2.61. The predicted molar refractivity (Wildman–Crippen MR) is 77.3 cm³/mol. The van der Waals surface area contributed by atoms with Crippen molar-refractivity contribution in [1.29, 1.82) is 5.26 Å². The van der Waals surface area contributed by atoms with E-state index in [0.29, 0.717) is 11.1 Å². The van der Waals surface area contributed by atoms with Gasteiger partial charge in [-0.15, -0.1) is 0 Å². The van der Waals surface area contributed by atoms with E-state index in [0.717, 1.165) is 6.07 Å². The van der Waals surface area contributed by atoms with E-state index in [9.17, 15) is 30.7 Å². The molecule has 2 aromatic carbocycles. The Morgan fingerprint density at radius 2 is 1.65 bits per heavy atom. The maximum absolute atomic E-state index is 11.0. The molecule has 112 valence electrons. The number of nitro groups is 2. The van der Waals surface area contributed by atoms with Gasteiger partial charge in [0.2, 0.25) is 0 Å². The first-order chi connectivity index (χ1) is 11.0. The highest BCUT2D eigenvalue weighted by molar-refractivity contribution is 6.25. The van der Waals surface area contributed by atoms with Crippen molar-refractivity contribution in [3.8, 4) is 17.2 Å². The Labute approximate surface area is 128 Å². The number of nitro benzene ring substituents is 2. The lowest BCUT2D eigenvalue weighted by Gasteiger charge is -2.03. The zero-order valence-electron chi connectivity index (χ0n) is 11.3. The molecule has 2 aromatic rings. The van der Waals surface area contributed by atoms with Gasteiger partial charge in [-0.1, -0.05) is 5.16 Å². The number of rotatable bonds is 2. The Hall–Kier alpha value is -3.80. The van der Waals surface area contributed by atoms with Crippen LogP contribution in [0.1, 0.15) is 16.7 Å². The second-order valence-electron chi connectivity index (χ2n) is 4.72. The summed E-state index contributed by atoms with van der Waals surface area (Å²) < 4.78 is 0. The summed E-state index contributed by atoms with van der Waals surface area (Å²) in [5.74, 6) is 0. The molecule has 0 unspecified atom stereocenters. The van der Waals surface area contributed by atoms with Crippen molar-refractivity contribution >= 4 is 17.1 Å². The first-order valence-corrected chi connectivity index (χ1v) is 6.22. The van der Waals surface area contributed by atoms with Gasteiger partial charge < -0.3 is 5.21 Å². The van der Waals surface area contributed by atoms with Crippen molar-refractivity contribution in [2.75, 3.05) is 0 Å². The summed E-state index contributed by atoms with van der Waals surface area (Å²) in [6.45, 7) is 0. The van der Waals surface area contributed by atoms with Gasteiger partial charge in [0, 0.05) is 41.0 Å². The van der Waals surface area contributed by atoms with Gasteiger partial charge in [-0.2, -0.15) is 5.26 Å². The van der Waals surface area contributed by atoms with Crippen molar-refractivity contribution < 1.29 is 15.1 Å². The Morgan fingerprint density at radius 1 is 1.00 bits per heavy atom. The standard InChI is InChI=1S/C14H6N4O5/c15-6-7-3-9(18(22)23)5-12-13(7)10-2-1-8(17(20)21)4-11(10)14(12)16-19/h1-5,19H/b16-14-. The maximum atomic E-state index is 11.0. The third-order valence-electron chi connectivity index (χ3n) is 3.55. The van der Waals surface area contributed by atoms with E-state index in [2.05, 4.69) is 5.16 Å². The third kappa shape index (κ3) is 1.97. The molecule has 0 saturated carbocycles. The molecule has 9 heteroatoms. The van der Waals surface area contributed by atoms with Crippen molar-refractivity contribution in [2.24, 2.45) is 5.16 Å².